The van der Waals surface area contributed by atoms with Crippen LogP contribution < -0.4 is 15.1 Å². The molecule has 2 aromatic rings. The van der Waals surface area contributed by atoms with Crippen LogP contribution in [-0.4, -0.2) is 68.1 Å². The van der Waals surface area contributed by atoms with E-state index in [1.54, 1.807) is 7.05 Å². The summed E-state index contributed by atoms with van der Waals surface area (Å²) in [7, 11) is 1.79. The maximum absolute atomic E-state index is 12.6. The van der Waals surface area contributed by atoms with Crippen LogP contribution in [0.25, 0.3) is 0 Å². The summed E-state index contributed by atoms with van der Waals surface area (Å²) in [5, 5.41) is 3.36. The SMILES string of the molecule is CN=C(NCCC(=O)N1CCN(c2ccccn2)CC1)N1CCc2ccccc21.I. The smallest absolute Gasteiger partial charge is 0.224 e. The zero-order chi connectivity index (χ0) is 20.1. The predicted octanol–water partition coefficient (Wildman–Crippen LogP) is 2.38. The summed E-state index contributed by atoms with van der Waals surface area (Å²) in [5.41, 5.74) is 2.55. The van der Waals surface area contributed by atoms with Crippen LogP contribution in [0.2, 0.25) is 0 Å². The third-order valence-corrected chi connectivity index (χ3v) is 5.58. The van der Waals surface area contributed by atoms with Gasteiger partial charge in [-0.1, -0.05) is 24.3 Å². The summed E-state index contributed by atoms with van der Waals surface area (Å²) in [6.45, 7) is 4.63. The van der Waals surface area contributed by atoms with Crippen LogP contribution in [0.15, 0.2) is 53.7 Å². The van der Waals surface area contributed by atoms with Crippen molar-refractivity contribution >= 4 is 47.3 Å². The molecule has 0 radical (unpaired) electrons. The van der Waals surface area contributed by atoms with Crippen LogP contribution in [-0.2, 0) is 11.2 Å². The maximum atomic E-state index is 12.6. The number of nitrogens with one attached hydrogen (secondary N) is 1. The van der Waals surface area contributed by atoms with Crippen LogP contribution in [0.5, 0.6) is 0 Å². The van der Waals surface area contributed by atoms with Crippen molar-refractivity contribution in [1.29, 1.82) is 0 Å². The molecule has 7 nitrogen and oxygen atoms in total. The number of amides is 1. The summed E-state index contributed by atoms with van der Waals surface area (Å²) < 4.78 is 0. The van der Waals surface area contributed by atoms with E-state index in [0.717, 1.165) is 50.9 Å². The molecular formula is C22H29IN6O. The minimum absolute atomic E-state index is 0. The van der Waals surface area contributed by atoms with E-state index in [1.165, 1.54) is 11.3 Å². The summed E-state index contributed by atoms with van der Waals surface area (Å²) in [6.07, 6.45) is 3.30. The lowest BCUT2D eigenvalue weighted by atomic mass is 10.2. The first-order chi connectivity index (χ1) is 14.3. The van der Waals surface area contributed by atoms with E-state index in [2.05, 4.69) is 49.4 Å². The summed E-state index contributed by atoms with van der Waals surface area (Å²) in [6, 6.07) is 14.4. The maximum Gasteiger partial charge on any atom is 0.224 e. The van der Waals surface area contributed by atoms with Crippen molar-refractivity contribution in [3.63, 3.8) is 0 Å². The highest BCUT2D eigenvalue weighted by Gasteiger charge is 2.24. The normalized spacial score (nSPS) is 16.2. The average molecular weight is 520 g/mol. The number of guanidine groups is 1. The van der Waals surface area contributed by atoms with E-state index in [-0.39, 0.29) is 29.9 Å². The molecule has 1 amide bonds. The molecule has 0 spiro atoms. The van der Waals surface area contributed by atoms with Crippen LogP contribution in [0, 0.1) is 0 Å². The van der Waals surface area contributed by atoms with Gasteiger partial charge in [0, 0.05) is 64.6 Å². The molecule has 1 fully saturated rings. The number of nitrogens with zero attached hydrogens (tertiary/aromatic N) is 5. The highest BCUT2D eigenvalue weighted by molar-refractivity contribution is 14.0. The molecule has 0 aliphatic carbocycles. The van der Waals surface area contributed by atoms with E-state index in [0.29, 0.717) is 13.0 Å². The number of fused-ring (bicyclic) bond motifs is 1. The number of hydrogen-bond acceptors (Lipinski definition) is 4. The minimum Gasteiger partial charge on any atom is -0.355 e. The van der Waals surface area contributed by atoms with Crippen LogP contribution in [0.4, 0.5) is 11.5 Å². The Morgan fingerprint density at radius 1 is 1.07 bits per heavy atom. The predicted molar refractivity (Wildman–Crippen MR) is 132 cm³/mol. The van der Waals surface area contributed by atoms with Gasteiger partial charge in [0.15, 0.2) is 5.96 Å². The molecule has 30 heavy (non-hydrogen) atoms. The molecule has 1 saturated heterocycles. The monoisotopic (exact) mass is 520 g/mol. The molecular weight excluding hydrogens is 491 g/mol. The van der Waals surface area contributed by atoms with Gasteiger partial charge in [-0.05, 0) is 30.2 Å². The molecule has 2 aliphatic heterocycles. The van der Waals surface area contributed by atoms with Gasteiger partial charge < -0.3 is 20.0 Å². The number of aromatic nitrogens is 1. The largest absolute Gasteiger partial charge is 0.355 e. The Bertz CT molecular complexity index is 867. The number of anilines is 2. The highest BCUT2D eigenvalue weighted by atomic mass is 127. The molecule has 0 saturated carbocycles. The fourth-order valence-corrected chi connectivity index (χ4v) is 4.02. The van der Waals surface area contributed by atoms with Gasteiger partial charge in [0.25, 0.3) is 0 Å². The quantitative estimate of drug-likeness (QED) is 0.381. The molecule has 1 N–H and O–H groups in total. The van der Waals surface area contributed by atoms with Gasteiger partial charge in [-0.3, -0.25) is 9.79 Å². The van der Waals surface area contributed by atoms with Gasteiger partial charge in [-0.25, -0.2) is 4.98 Å². The number of aliphatic imine (C=N–C) groups is 1. The van der Waals surface area contributed by atoms with E-state index in [1.807, 2.05) is 29.3 Å². The molecule has 3 heterocycles. The summed E-state index contributed by atoms with van der Waals surface area (Å²) >= 11 is 0. The Labute approximate surface area is 195 Å². The van der Waals surface area contributed by atoms with Crippen molar-refractivity contribution < 1.29 is 4.79 Å². The molecule has 1 aromatic heterocycles. The average Bonchev–Trinajstić information content (AvgIpc) is 3.21. The minimum atomic E-state index is 0. The lowest BCUT2D eigenvalue weighted by molar-refractivity contribution is -0.131. The number of carbonyl (C=O) groups is 1. The third kappa shape index (κ3) is 5.03. The van der Waals surface area contributed by atoms with E-state index >= 15 is 0 Å². The van der Waals surface area contributed by atoms with Crippen molar-refractivity contribution in [3.05, 3.63) is 54.2 Å². The second kappa shape index (κ2) is 10.6. The highest BCUT2D eigenvalue weighted by Crippen LogP contribution is 2.27. The second-order valence-electron chi connectivity index (χ2n) is 7.31. The molecule has 0 bridgehead atoms. The van der Waals surface area contributed by atoms with Gasteiger partial charge in [0.2, 0.25) is 5.91 Å². The van der Waals surface area contributed by atoms with Crippen molar-refractivity contribution in [1.82, 2.24) is 15.2 Å². The van der Waals surface area contributed by atoms with Gasteiger partial charge in [-0.2, -0.15) is 0 Å². The molecule has 0 unspecified atom stereocenters. The Morgan fingerprint density at radius 2 is 1.83 bits per heavy atom. The van der Waals surface area contributed by atoms with Gasteiger partial charge in [-0.15, -0.1) is 24.0 Å². The molecule has 4 rings (SSSR count). The fourth-order valence-electron chi connectivity index (χ4n) is 4.02. The van der Waals surface area contributed by atoms with Crippen molar-refractivity contribution in [2.45, 2.75) is 12.8 Å². The summed E-state index contributed by atoms with van der Waals surface area (Å²) in [5.74, 6) is 2.01. The number of benzene rings is 1. The lowest BCUT2D eigenvalue weighted by Gasteiger charge is -2.35. The Balaban J connectivity index is 0.00000256. The number of pyridine rings is 1. The molecule has 0 atom stereocenters. The Kier molecular flexibility index (Phi) is 7.89. The van der Waals surface area contributed by atoms with Crippen LogP contribution in [0.1, 0.15) is 12.0 Å². The van der Waals surface area contributed by atoms with Crippen molar-refractivity contribution in [3.8, 4) is 0 Å². The van der Waals surface area contributed by atoms with Crippen molar-refractivity contribution in [2.24, 2.45) is 4.99 Å². The van der Waals surface area contributed by atoms with Gasteiger partial charge in [0.1, 0.15) is 5.82 Å². The van der Waals surface area contributed by atoms with Crippen LogP contribution >= 0.6 is 24.0 Å². The molecule has 1 aromatic carbocycles. The third-order valence-electron chi connectivity index (χ3n) is 5.58. The second-order valence-corrected chi connectivity index (χ2v) is 7.31. The van der Waals surface area contributed by atoms with Crippen LogP contribution in [0.3, 0.4) is 0 Å². The number of para-hydroxylation sites is 1. The van der Waals surface area contributed by atoms with Crippen molar-refractivity contribution in [2.75, 3.05) is 56.1 Å². The van der Waals surface area contributed by atoms with Gasteiger partial charge in [0.05, 0.1) is 0 Å². The first-order valence-electron chi connectivity index (χ1n) is 10.3. The number of hydrogen-bond donors (Lipinski definition) is 1. The molecule has 160 valence electrons. The summed E-state index contributed by atoms with van der Waals surface area (Å²) in [4.78, 5) is 27.8. The standard InChI is InChI=1S/C22H28N6O.HI/c1-23-22(28-13-10-18-6-2-3-7-19(18)28)25-12-9-21(29)27-16-14-26(15-17-27)20-8-4-5-11-24-20;/h2-8,11H,9-10,12-17H2,1H3,(H,23,25);1H. The fraction of sp³-hybridized carbons (Fsp3) is 0.409. The van der Waals surface area contributed by atoms with E-state index in [4.69, 9.17) is 0 Å². The van der Waals surface area contributed by atoms with E-state index < -0.39 is 0 Å². The zero-order valence-corrected chi connectivity index (χ0v) is 19.7. The zero-order valence-electron chi connectivity index (χ0n) is 17.3. The first-order valence-corrected chi connectivity index (χ1v) is 10.3. The number of rotatable bonds is 4. The molecule has 8 heteroatoms. The number of piperazine rings is 1. The number of carbonyl (C=O) groups excluding carboxylic acids is 1. The Morgan fingerprint density at radius 3 is 2.57 bits per heavy atom. The van der Waals surface area contributed by atoms with E-state index in [9.17, 15) is 4.79 Å². The van der Waals surface area contributed by atoms with Gasteiger partial charge >= 0.3 is 0 Å². The molecule has 2 aliphatic rings. The first kappa shape index (κ1) is 22.3. The lowest BCUT2D eigenvalue weighted by Crippen LogP contribution is -2.49. The topological polar surface area (TPSA) is 64.1 Å². The number of halogens is 1. The Hall–Kier alpha value is -2.36.